The molecular weight excluding hydrogens is 526 g/mol. The van der Waals surface area contributed by atoms with Gasteiger partial charge in [0, 0.05) is 27.9 Å². The number of nitrogens with one attached hydrogen (secondary N) is 2. The van der Waals surface area contributed by atoms with Crippen molar-refractivity contribution in [2.45, 2.75) is 60.2 Å². The van der Waals surface area contributed by atoms with Crippen LogP contribution in [0, 0.1) is 5.41 Å². The van der Waals surface area contributed by atoms with Crippen LogP contribution in [0.4, 0.5) is 11.6 Å². The highest BCUT2D eigenvalue weighted by molar-refractivity contribution is 7.99. The highest BCUT2D eigenvalue weighted by atomic mass is 35.5. The van der Waals surface area contributed by atoms with E-state index in [0.717, 1.165) is 37.9 Å². The fourth-order valence-electron chi connectivity index (χ4n) is 5.47. The normalized spacial score (nSPS) is 21.6. The molecule has 1 fully saturated rings. The first-order valence-corrected chi connectivity index (χ1v) is 14.6. The lowest BCUT2D eigenvalue weighted by Gasteiger charge is -2.49. The Balaban J connectivity index is 1.66. The number of benzene rings is 1. The van der Waals surface area contributed by atoms with Gasteiger partial charge in [0.05, 0.1) is 16.9 Å². The van der Waals surface area contributed by atoms with Crippen molar-refractivity contribution in [3.8, 4) is 0 Å². The number of nitrogens with two attached hydrogens (primary N) is 2. The SMILES string of the molecule is CC(C)(C)[S+]([O-])N[C@]1(c2cnc(Sc3ccnc(N)c3Cl)c(N)n2)c2ccccc2CC12CCNCC2. The molecule has 8 nitrogen and oxygen atoms in total. The molecule has 1 aromatic carbocycles. The lowest BCUT2D eigenvalue weighted by Crippen LogP contribution is -2.61. The van der Waals surface area contributed by atoms with Crippen molar-refractivity contribution in [3.63, 3.8) is 0 Å². The topological polar surface area (TPSA) is 138 Å². The number of nitrogens with zero attached hydrogens (tertiary/aromatic N) is 3. The van der Waals surface area contributed by atoms with Gasteiger partial charge in [0.2, 0.25) is 0 Å². The standard InChI is InChI=1S/C26H32ClN7OS2/c1-24(2,3)37(35)34-26(17-7-5-4-6-16(17)14-25(26)9-12-30-13-10-25)19-15-32-23(22(29)33-19)36-18-8-11-31-21(28)20(18)27/h4-8,11,15,30,34H,9-10,12-14H2,1-3H3,(H2,28,31)(H2,29,33)/t26-,37?/m0/s1. The van der Waals surface area contributed by atoms with Crippen LogP contribution in [0.25, 0.3) is 0 Å². The molecule has 0 radical (unpaired) electrons. The van der Waals surface area contributed by atoms with Crippen LogP contribution < -0.4 is 21.5 Å². The summed E-state index contributed by atoms with van der Waals surface area (Å²) in [7, 11) is 0. The first-order chi connectivity index (χ1) is 17.6. The molecule has 3 aromatic rings. The molecule has 1 saturated heterocycles. The summed E-state index contributed by atoms with van der Waals surface area (Å²) < 4.78 is 16.9. The quantitative estimate of drug-likeness (QED) is 0.342. The summed E-state index contributed by atoms with van der Waals surface area (Å²) >= 11 is 6.28. The highest BCUT2D eigenvalue weighted by Gasteiger charge is 2.62. The van der Waals surface area contributed by atoms with E-state index >= 15 is 0 Å². The van der Waals surface area contributed by atoms with E-state index < -0.39 is 21.6 Å². The minimum atomic E-state index is -1.37. The smallest absolute Gasteiger partial charge is 0.156 e. The molecule has 5 rings (SSSR count). The molecule has 6 N–H and O–H groups in total. The van der Waals surface area contributed by atoms with Crippen LogP contribution in [0.15, 0.2) is 52.6 Å². The average Bonchev–Trinajstić information content (AvgIpc) is 3.12. The Morgan fingerprint density at radius 3 is 2.54 bits per heavy atom. The van der Waals surface area contributed by atoms with Gasteiger partial charge in [-0.3, -0.25) is 0 Å². The molecule has 1 aliphatic carbocycles. The molecule has 1 unspecified atom stereocenters. The maximum absolute atomic E-state index is 13.8. The summed E-state index contributed by atoms with van der Waals surface area (Å²) in [4.78, 5) is 14.4. The third kappa shape index (κ3) is 4.57. The molecule has 0 amide bonds. The summed E-state index contributed by atoms with van der Waals surface area (Å²) in [5, 5.41) is 4.38. The van der Waals surface area contributed by atoms with Gasteiger partial charge in [0.25, 0.3) is 0 Å². The van der Waals surface area contributed by atoms with Gasteiger partial charge in [-0.15, -0.1) is 4.72 Å². The number of piperidine rings is 1. The first-order valence-electron chi connectivity index (χ1n) is 12.3. The number of hydrogen-bond acceptors (Lipinski definition) is 9. The Labute approximate surface area is 230 Å². The number of rotatable bonds is 5. The number of fused-ring (bicyclic) bond motifs is 1. The zero-order valence-electron chi connectivity index (χ0n) is 21.2. The van der Waals surface area contributed by atoms with E-state index in [2.05, 4.69) is 33.2 Å². The van der Waals surface area contributed by atoms with Crippen LogP contribution in [0.1, 0.15) is 50.4 Å². The number of halogens is 1. The summed E-state index contributed by atoms with van der Waals surface area (Å²) in [6.07, 6.45) is 6.04. The van der Waals surface area contributed by atoms with Gasteiger partial charge < -0.3 is 21.3 Å². The number of pyridine rings is 1. The van der Waals surface area contributed by atoms with Gasteiger partial charge in [-0.05, 0) is 70.3 Å². The second-order valence-electron chi connectivity index (χ2n) is 10.7. The van der Waals surface area contributed by atoms with Crippen LogP contribution in [-0.4, -0.2) is 37.3 Å². The van der Waals surface area contributed by atoms with Gasteiger partial charge >= 0.3 is 0 Å². The second kappa shape index (κ2) is 9.91. The maximum Gasteiger partial charge on any atom is 0.156 e. The fraction of sp³-hybridized carbons (Fsp3) is 0.423. The van der Waals surface area contributed by atoms with Crippen molar-refractivity contribution in [2.75, 3.05) is 24.6 Å². The Bertz CT molecular complexity index is 1310. The summed E-state index contributed by atoms with van der Waals surface area (Å²) in [6, 6.07) is 10.2. The molecule has 2 atom stereocenters. The largest absolute Gasteiger partial charge is 0.598 e. The van der Waals surface area contributed by atoms with Crippen molar-refractivity contribution < 1.29 is 4.55 Å². The van der Waals surface area contributed by atoms with Gasteiger partial charge in [-0.25, -0.2) is 15.0 Å². The highest BCUT2D eigenvalue weighted by Crippen LogP contribution is 2.58. The monoisotopic (exact) mass is 557 g/mol. The molecule has 11 heteroatoms. The number of nitrogen functional groups attached to an aromatic ring is 2. The molecule has 196 valence electrons. The molecule has 0 bridgehead atoms. The van der Waals surface area contributed by atoms with Crippen LogP contribution in [0.2, 0.25) is 5.02 Å². The average molecular weight is 558 g/mol. The number of aromatic nitrogens is 3. The third-order valence-corrected chi connectivity index (χ3v) is 10.5. The predicted octanol–water partition coefficient (Wildman–Crippen LogP) is 4.06. The molecular formula is C26H32ClN7OS2. The van der Waals surface area contributed by atoms with E-state index in [4.69, 9.17) is 33.0 Å². The first kappa shape index (κ1) is 26.5. The summed E-state index contributed by atoms with van der Waals surface area (Å²) in [6.45, 7) is 7.67. The van der Waals surface area contributed by atoms with E-state index in [0.29, 0.717) is 20.6 Å². The molecule has 1 aliphatic heterocycles. The Kier molecular flexibility index (Phi) is 7.10. The zero-order chi connectivity index (χ0) is 26.4. The zero-order valence-corrected chi connectivity index (χ0v) is 23.6. The van der Waals surface area contributed by atoms with E-state index in [9.17, 15) is 4.55 Å². The van der Waals surface area contributed by atoms with Gasteiger partial charge in [0.1, 0.15) is 21.1 Å². The number of anilines is 2. The van der Waals surface area contributed by atoms with Gasteiger partial charge in [0.15, 0.2) is 5.82 Å². The van der Waals surface area contributed by atoms with E-state index in [1.54, 1.807) is 18.5 Å². The van der Waals surface area contributed by atoms with E-state index in [1.165, 1.54) is 17.3 Å². The Hall–Kier alpha value is -2.08. The van der Waals surface area contributed by atoms with Gasteiger partial charge in [-0.1, -0.05) is 47.6 Å². The fourth-order valence-corrected chi connectivity index (χ4v) is 7.50. The van der Waals surface area contributed by atoms with Crippen LogP contribution in [-0.2, 0) is 23.3 Å². The maximum atomic E-state index is 13.8. The molecule has 1 spiro atoms. The molecule has 2 aliphatic rings. The number of hydrogen-bond donors (Lipinski definition) is 4. The second-order valence-corrected chi connectivity index (χ2v) is 14.0. The van der Waals surface area contributed by atoms with Crippen molar-refractivity contribution in [3.05, 3.63) is 64.6 Å². The summed E-state index contributed by atoms with van der Waals surface area (Å²) in [5.41, 5.74) is 14.4. The van der Waals surface area contributed by atoms with Crippen LogP contribution in [0.3, 0.4) is 0 Å². The third-order valence-electron chi connectivity index (χ3n) is 7.34. The van der Waals surface area contributed by atoms with E-state index in [-0.39, 0.29) is 17.1 Å². The minimum Gasteiger partial charge on any atom is -0.598 e. The lowest BCUT2D eigenvalue weighted by atomic mass is 9.63. The van der Waals surface area contributed by atoms with Gasteiger partial charge in [-0.2, -0.15) is 0 Å². The lowest BCUT2D eigenvalue weighted by molar-refractivity contribution is 0.103. The van der Waals surface area contributed by atoms with E-state index in [1.807, 2.05) is 26.8 Å². The summed E-state index contributed by atoms with van der Waals surface area (Å²) in [5.74, 6) is 0.531. The van der Waals surface area contributed by atoms with Crippen molar-refractivity contribution in [2.24, 2.45) is 5.41 Å². The Morgan fingerprint density at radius 2 is 1.84 bits per heavy atom. The molecule has 2 aromatic heterocycles. The van der Waals surface area contributed by atoms with Crippen molar-refractivity contribution >= 4 is 46.4 Å². The van der Waals surface area contributed by atoms with Crippen LogP contribution >= 0.6 is 23.4 Å². The van der Waals surface area contributed by atoms with Crippen LogP contribution in [0.5, 0.6) is 0 Å². The molecule has 3 heterocycles. The molecule has 0 saturated carbocycles. The minimum absolute atomic E-state index is 0.235. The Morgan fingerprint density at radius 1 is 1.11 bits per heavy atom. The predicted molar refractivity (Wildman–Crippen MR) is 151 cm³/mol. The van der Waals surface area contributed by atoms with Crippen molar-refractivity contribution in [1.29, 1.82) is 0 Å². The van der Waals surface area contributed by atoms with Crippen molar-refractivity contribution in [1.82, 2.24) is 25.0 Å². The molecule has 37 heavy (non-hydrogen) atoms.